The maximum atomic E-state index is 11.6. The van der Waals surface area contributed by atoms with Gasteiger partial charge in [-0.2, -0.15) is 0 Å². The van der Waals surface area contributed by atoms with Crippen molar-refractivity contribution in [2.24, 2.45) is 5.92 Å². The quantitative estimate of drug-likeness (QED) is 0.866. The number of ether oxygens (including phenoxy) is 1. The first-order valence-electron chi connectivity index (χ1n) is 5.99. The minimum absolute atomic E-state index is 0.00312. The summed E-state index contributed by atoms with van der Waals surface area (Å²) in [6, 6.07) is 1.96. The van der Waals surface area contributed by atoms with Crippen LogP contribution in [0.4, 0.5) is 0 Å². The minimum atomic E-state index is -0.0928. The molecule has 94 valence electrons. The summed E-state index contributed by atoms with van der Waals surface area (Å²) >= 11 is 0. The van der Waals surface area contributed by atoms with Crippen molar-refractivity contribution in [3.8, 4) is 5.88 Å². The second-order valence-corrected chi connectivity index (χ2v) is 4.75. The fourth-order valence-electron chi connectivity index (χ4n) is 2.16. The average molecular weight is 238 g/mol. The van der Waals surface area contributed by atoms with Gasteiger partial charge in [-0.3, -0.25) is 4.79 Å². The summed E-state index contributed by atoms with van der Waals surface area (Å²) in [5.74, 6) is 1.65. The minimum Gasteiger partial charge on any atom is -0.465 e. The van der Waals surface area contributed by atoms with Gasteiger partial charge in [-0.1, -0.05) is 6.92 Å². The van der Waals surface area contributed by atoms with Gasteiger partial charge in [0.2, 0.25) is 0 Å². The molecule has 0 aromatic carbocycles. The molecule has 0 radical (unpaired) electrons. The first kappa shape index (κ1) is 12.0. The van der Waals surface area contributed by atoms with E-state index in [-0.39, 0.29) is 12.5 Å². The Balaban J connectivity index is 1.71. The third kappa shape index (κ3) is 3.47. The van der Waals surface area contributed by atoms with Gasteiger partial charge < -0.3 is 14.6 Å². The van der Waals surface area contributed by atoms with Crippen molar-refractivity contribution in [1.82, 2.24) is 10.5 Å². The number of amides is 1. The summed E-state index contributed by atoms with van der Waals surface area (Å²) in [5, 5.41) is 6.62. The van der Waals surface area contributed by atoms with Gasteiger partial charge in [-0.15, -0.1) is 0 Å². The molecule has 1 amide bonds. The normalized spacial score (nSPS) is 23.6. The second kappa shape index (κ2) is 5.21. The molecule has 2 unspecified atom stereocenters. The highest BCUT2D eigenvalue weighted by Gasteiger charge is 2.22. The van der Waals surface area contributed by atoms with Gasteiger partial charge in [0.15, 0.2) is 6.61 Å². The predicted molar refractivity (Wildman–Crippen MR) is 61.7 cm³/mol. The van der Waals surface area contributed by atoms with Crippen molar-refractivity contribution in [3.05, 3.63) is 11.8 Å². The van der Waals surface area contributed by atoms with Crippen LogP contribution >= 0.6 is 0 Å². The maximum Gasteiger partial charge on any atom is 0.258 e. The Morgan fingerprint density at radius 1 is 1.65 bits per heavy atom. The molecule has 5 heteroatoms. The van der Waals surface area contributed by atoms with E-state index in [9.17, 15) is 4.79 Å². The largest absolute Gasteiger partial charge is 0.465 e. The van der Waals surface area contributed by atoms with Crippen LogP contribution in [-0.4, -0.2) is 23.7 Å². The first-order valence-corrected chi connectivity index (χ1v) is 5.99. The van der Waals surface area contributed by atoms with E-state index in [0.717, 1.165) is 12.8 Å². The van der Waals surface area contributed by atoms with Gasteiger partial charge in [0.1, 0.15) is 5.76 Å². The molecule has 5 nitrogen and oxygen atoms in total. The van der Waals surface area contributed by atoms with Crippen molar-refractivity contribution in [3.63, 3.8) is 0 Å². The molecule has 1 heterocycles. The van der Waals surface area contributed by atoms with Gasteiger partial charge in [-0.05, 0) is 37.3 Å². The fourth-order valence-corrected chi connectivity index (χ4v) is 2.16. The van der Waals surface area contributed by atoms with Gasteiger partial charge in [0, 0.05) is 12.1 Å². The highest BCUT2D eigenvalue weighted by Crippen LogP contribution is 2.24. The van der Waals surface area contributed by atoms with Crippen molar-refractivity contribution < 1.29 is 14.1 Å². The van der Waals surface area contributed by atoms with Crippen molar-refractivity contribution in [2.45, 2.75) is 39.2 Å². The molecule has 0 saturated heterocycles. The highest BCUT2D eigenvalue weighted by molar-refractivity contribution is 5.77. The monoisotopic (exact) mass is 238 g/mol. The van der Waals surface area contributed by atoms with Gasteiger partial charge in [0.05, 0.1) is 0 Å². The number of hydrogen-bond donors (Lipinski definition) is 1. The fraction of sp³-hybridized carbons (Fsp3) is 0.667. The van der Waals surface area contributed by atoms with Crippen LogP contribution in [-0.2, 0) is 4.79 Å². The predicted octanol–water partition coefficient (Wildman–Crippen LogP) is 1.67. The molecule has 1 aromatic rings. The van der Waals surface area contributed by atoms with Crippen LogP contribution in [0.15, 0.2) is 10.6 Å². The van der Waals surface area contributed by atoms with Crippen LogP contribution in [0.25, 0.3) is 0 Å². The smallest absolute Gasteiger partial charge is 0.258 e. The number of rotatable bonds is 4. The summed E-state index contributed by atoms with van der Waals surface area (Å²) in [4.78, 5) is 11.6. The lowest BCUT2D eigenvalue weighted by Crippen LogP contribution is -2.36. The zero-order chi connectivity index (χ0) is 12.3. The third-order valence-electron chi connectivity index (χ3n) is 3.02. The molecular formula is C12H18N2O3. The van der Waals surface area contributed by atoms with E-state index in [2.05, 4.69) is 17.4 Å². The second-order valence-electron chi connectivity index (χ2n) is 4.75. The Labute approximate surface area is 101 Å². The Morgan fingerprint density at radius 2 is 2.47 bits per heavy atom. The Morgan fingerprint density at radius 3 is 3.06 bits per heavy atom. The molecule has 1 N–H and O–H groups in total. The zero-order valence-corrected chi connectivity index (χ0v) is 10.2. The molecule has 1 aromatic heterocycles. The summed E-state index contributed by atoms with van der Waals surface area (Å²) in [6.45, 7) is 3.98. The lowest BCUT2D eigenvalue weighted by atomic mass is 10.1. The SMILES string of the molecule is Cc1cc(OCC(=O)NC2CCC(C)C2)no1. The van der Waals surface area contributed by atoms with Crippen molar-refractivity contribution in [2.75, 3.05) is 6.61 Å². The third-order valence-corrected chi connectivity index (χ3v) is 3.02. The molecule has 1 aliphatic carbocycles. The molecule has 0 spiro atoms. The van der Waals surface area contributed by atoms with Crippen molar-refractivity contribution in [1.29, 1.82) is 0 Å². The van der Waals surface area contributed by atoms with Crippen molar-refractivity contribution >= 4 is 5.91 Å². The molecule has 1 aliphatic rings. The average Bonchev–Trinajstić information content (AvgIpc) is 2.85. The summed E-state index contributed by atoms with van der Waals surface area (Å²) in [7, 11) is 0. The molecule has 0 aliphatic heterocycles. The molecule has 2 rings (SSSR count). The topological polar surface area (TPSA) is 64.4 Å². The number of carbonyl (C=O) groups excluding carboxylic acids is 1. The molecular weight excluding hydrogens is 220 g/mol. The number of aryl methyl sites for hydroxylation is 1. The summed E-state index contributed by atoms with van der Waals surface area (Å²) in [6.07, 6.45) is 3.32. The van der Waals surface area contributed by atoms with Crippen LogP contribution in [0.1, 0.15) is 31.9 Å². The molecule has 2 atom stereocenters. The Bertz CT molecular complexity index is 389. The number of nitrogens with zero attached hydrogens (tertiary/aromatic N) is 1. The lowest BCUT2D eigenvalue weighted by Gasteiger charge is -2.12. The molecule has 0 bridgehead atoms. The summed E-state index contributed by atoms with van der Waals surface area (Å²) < 4.78 is 10.0. The van der Waals surface area contributed by atoms with E-state index in [0.29, 0.717) is 23.6 Å². The van der Waals surface area contributed by atoms with Gasteiger partial charge in [0.25, 0.3) is 11.8 Å². The van der Waals surface area contributed by atoms with E-state index in [4.69, 9.17) is 9.26 Å². The first-order chi connectivity index (χ1) is 8.13. The van der Waals surface area contributed by atoms with E-state index >= 15 is 0 Å². The number of aromatic nitrogens is 1. The van der Waals surface area contributed by atoms with E-state index in [1.54, 1.807) is 13.0 Å². The van der Waals surface area contributed by atoms with Gasteiger partial charge >= 0.3 is 0 Å². The molecule has 17 heavy (non-hydrogen) atoms. The molecule has 1 fully saturated rings. The standard InChI is InChI=1S/C12H18N2O3/c1-8-3-4-10(5-8)13-11(15)7-16-12-6-9(2)17-14-12/h6,8,10H,3-5,7H2,1-2H3,(H,13,15). The van der Waals surface area contributed by atoms with Gasteiger partial charge in [-0.25, -0.2) is 0 Å². The zero-order valence-electron chi connectivity index (χ0n) is 10.2. The Hall–Kier alpha value is -1.52. The molecule has 1 saturated carbocycles. The van der Waals surface area contributed by atoms with E-state index in [1.807, 2.05) is 0 Å². The van der Waals surface area contributed by atoms with Crippen LogP contribution < -0.4 is 10.1 Å². The van der Waals surface area contributed by atoms with Crippen LogP contribution in [0, 0.1) is 12.8 Å². The van der Waals surface area contributed by atoms with Crippen LogP contribution in [0.5, 0.6) is 5.88 Å². The maximum absolute atomic E-state index is 11.6. The van der Waals surface area contributed by atoms with E-state index < -0.39 is 0 Å². The number of nitrogens with one attached hydrogen (secondary N) is 1. The summed E-state index contributed by atoms with van der Waals surface area (Å²) in [5.41, 5.74) is 0. The number of hydrogen-bond acceptors (Lipinski definition) is 4. The van der Waals surface area contributed by atoms with E-state index in [1.165, 1.54) is 6.42 Å². The van der Waals surface area contributed by atoms with Crippen LogP contribution in [0.2, 0.25) is 0 Å². The van der Waals surface area contributed by atoms with Crippen LogP contribution in [0.3, 0.4) is 0 Å². The lowest BCUT2D eigenvalue weighted by molar-refractivity contribution is -0.123. The highest BCUT2D eigenvalue weighted by atomic mass is 16.5. The Kier molecular flexibility index (Phi) is 3.66. The number of carbonyl (C=O) groups is 1.